The number of nitrogens with zero attached hydrogens (tertiary/aromatic N) is 7. The molecule has 63 heavy (non-hydrogen) atoms. The second-order valence-corrected chi connectivity index (χ2v) is 16.5. The Labute approximate surface area is 361 Å². The van der Waals surface area contributed by atoms with Gasteiger partial charge < -0.3 is 13.6 Å². The SMILES string of the molecule is C1=CCC(c2cncc(-c3ccc4c(n3)c3nc(-c5cncc(-c6ccccc6)c5)ccc3n4-c3ccc4c(c3)c3cnccc3n4C3C=Cc4oc5ccccc5c4C3)c2)C=C1. The average molecular weight is 812 g/mol. The van der Waals surface area contributed by atoms with E-state index in [2.05, 4.69) is 164 Å². The van der Waals surface area contributed by atoms with Crippen LogP contribution in [0.4, 0.5) is 0 Å². The Morgan fingerprint density at radius 2 is 1.30 bits per heavy atom. The van der Waals surface area contributed by atoms with Crippen LogP contribution in [0.1, 0.15) is 35.3 Å². The van der Waals surface area contributed by atoms with Crippen LogP contribution in [0.2, 0.25) is 0 Å². The van der Waals surface area contributed by atoms with Crippen molar-refractivity contribution in [1.82, 2.24) is 34.1 Å². The van der Waals surface area contributed by atoms with E-state index in [1.165, 1.54) is 16.5 Å². The monoisotopic (exact) mass is 811 g/mol. The fourth-order valence-electron chi connectivity index (χ4n) is 9.84. The number of pyridine rings is 5. The molecule has 0 bridgehead atoms. The van der Waals surface area contributed by atoms with Crippen molar-refractivity contribution in [2.24, 2.45) is 0 Å². The highest BCUT2D eigenvalue weighted by atomic mass is 16.3. The summed E-state index contributed by atoms with van der Waals surface area (Å²) >= 11 is 0. The molecule has 3 aromatic carbocycles. The molecule has 0 radical (unpaired) electrons. The number of fused-ring (bicyclic) bond motifs is 9. The molecule has 8 aromatic heterocycles. The Bertz CT molecular complexity index is 3720. The van der Waals surface area contributed by atoms with Crippen molar-refractivity contribution in [2.45, 2.75) is 24.8 Å². The quantitative estimate of drug-likeness (QED) is 0.166. The van der Waals surface area contributed by atoms with Crippen LogP contribution in [0.15, 0.2) is 187 Å². The summed E-state index contributed by atoms with van der Waals surface area (Å²) in [5.74, 6) is 1.23. The topological polar surface area (TPSA) is 87.5 Å². The minimum absolute atomic E-state index is 0.0960. The molecule has 0 saturated heterocycles. The summed E-state index contributed by atoms with van der Waals surface area (Å²) in [5.41, 5.74) is 16.0. The normalized spacial score (nSPS) is 15.9. The molecule has 11 aromatic rings. The van der Waals surface area contributed by atoms with Crippen molar-refractivity contribution >= 4 is 60.9 Å². The van der Waals surface area contributed by atoms with Gasteiger partial charge in [0, 0.05) is 99.1 Å². The third-order valence-corrected chi connectivity index (χ3v) is 12.8. The van der Waals surface area contributed by atoms with E-state index in [0.29, 0.717) is 0 Å². The van der Waals surface area contributed by atoms with Gasteiger partial charge >= 0.3 is 0 Å². The predicted molar refractivity (Wildman–Crippen MR) is 253 cm³/mol. The minimum Gasteiger partial charge on any atom is -0.456 e. The van der Waals surface area contributed by atoms with E-state index in [-0.39, 0.29) is 12.0 Å². The van der Waals surface area contributed by atoms with Crippen molar-refractivity contribution < 1.29 is 4.42 Å². The first-order valence-electron chi connectivity index (χ1n) is 21.4. The van der Waals surface area contributed by atoms with Crippen LogP contribution in [0.5, 0.6) is 0 Å². The molecular weight excluding hydrogens is 775 g/mol. The second kappa shape index (κ2) is 14.2. The molecule has 0 aliphatic heterocycles. The van der Waals surface area contributed by atoms with Gasteiger partial charge in [0.2, 0.25) is 0 Å². The number of rotatable bonds is 6. The lowest BCUT2D eigenvalue weighted by molar-refractivity contribution is 0.572. The van der Waals surface area contributed by atoms with Crippen LogP contribution in [-0.2, 0) is 6.42 Å². The maximum absolute atomic E-state index is 6.25. The Morgan fingerprint density at radius 3 is 2.13 bits per heavy atom. The van der Waals surface area contributed by atoms with E-state index in [4.69, 9.17) is 14.4 Å². The number of para-hydroxylation sites is 1. The van der Waals surface area contributed by atoms with Crippen LogP contribution in [0.25, 0.3) is 100 Å². The molecule has 2 aliphatic rings. The summed E-state index contributed by atoms with van der Waals surface area (Å²) in [6, 6.07) is 40.6. The largest absolute Gasteiger partial charge is 0.456 e. The zero-order valence-electron chi connectivity index (χ0n) is 34.0. The van der Waals surface area contributed by atoms with Crippen LogP contribution in [-0.4, -0.2) is 34.1 Å². The molecule has 298 valence electrons. The third kappa shape index (κ3) is 5.79. The Balaban J connectivity index is 0.980. The van der Waals surface area contributed by atoms with Crippen molar-refractivity contribution in [3.05, 3.63) is 200 Å². The standard InChI is InChI=1S/C55H37N7O/c1-3-9-34(10-4-1)36-25-38(31-57-29-36)46-17-20-50-54(59-46)55-51(21-18-47(60-55)39-26-37(30-58-32-39)35-11-5-2-6-12-35)62(50)40-15-19-48-43(27-40)45-33-56-24-23-49(45)61(48)41-16-22-53-44(28-41)42-13-7-8-14-52(42)63-53/h1-11,13-27,29-33,35,41H,12,28H2. The van der Waals surface area contributed by atoms with Gasteiger partial charge in [-0.05, 0) is 90.4 Å². The fourth-order valence-corrected chi connectivity index (χ4v) is 9.84. The first-order chi connectivity index (χ1) is 31.2. The lowest BCUT2D eigenvalue weighted by atomic mass is 9.93. The van der Waals surface area contributed by atoms with Crippen LogP contribution < -0.4 is 0 Å². The molecule has 2 atom stereocenters. The number of furan rings is 1. The summed E-state index contributed by atoms with van der Waals surface area (Å²) in [4.78, 5) is 24.8. The zero-order chi connectivity index (χ0) is 41.4. The minimum atomic E-state index is 0.0960. The first kappa shape index (κ1) is 35.5. The number of hydrogen-bond acceptors (Lipinski definition) is 6. The van der Waals surface area contributed by atoms with Crippen LogP contribution in [0, 0.1) is 0 Å². The maximum atomic E-state index is 6.25. The van der Waals surface area contributed by atoms with E-state index >= 15 is 0 Å². The molecule has 8 heteroatoms. The van der Waals surface area contributed by atoms with Crippen molar-refractivity contribution in [3.8, 4) is 39.3 Å². The van der Waals surface area contributed by atoms with Crippen molar-refractivity contribution in [2.75, 3.05) is 0 Å². The summed E-state index contributed by atoms with van der Waals surface area (Å²) in [7, 11) is 0. The van der Waals surface area contributed by atoms with Gasteiger partial charge in [-0.1, -0.05) is 78.9 Å². The maximum Gasteiger partial charge on any atom is 0.135 e. The summed E-state index contributed by atoms with van der Waals surface area (Å²) < 4.78 is 11.0. The summed E-state index contributed by atoms with van der Waals surface area (Å²) in [6.07, 6.45) is 26.4. The van der Waals surface area contributed by atoms with E-state index in [9.17, 15) is 0 Å². The van der Waals surface area contributed by atoms with E-state index in [1.54, 1.807) is 0 Å². The molecule has 0 amide bonds. The summed E-state index contributed by atoms with van der Waals surface area (Å²) in [6.45, 7) is 0. The van der Waals surface area contributed by atoms with Crippen LogP contribution >= 0.6 is 0 Å². The molecule has 0 spiro atoms. The fraction of sp³-hybridized carbons (Fsp3) is 0.0727. The molecular formula is C55H37N7O. The molecule has 2 aliphatic carbocycles. The molecule has 8 nitrogen and oxygen atoms in total. The predicted octanol–water partition coefficient (Wildman–Crippen LogP) is 13.0. The van der Waals surface area contributed by atoms with Gasteiger partial charge in [-0.25, -0.2) is 9.97 Å². The first-order valence-corrected chi connectivity index (χ1v) is 21.4. The number of aromatic nitrogens is 7. The Morgan fingerprint density at radius 1 is 0.556 bits per heavy atom. The zero-order valence-corrected chi connectivity index (χ0v) is 34.0. The Kier molecular flexibility index (Phi) is 7.99. The number of allylic oxidation sites excluding steroid dienone is 5. The molecule has 8 heterocycles. The number of hydrogen-bond donors (Lipinski definition) is 0. The van der Waals surface area contributed by atoms with Crippen molar-refractivity contribution in [1.29, 1.82) is 0 Å². The highest BCUT2D eigenvalue weighted by Crippen LogP contribution is 2.41. The molecule has 0 saturated carbocycles. The summed E-state index contributed by atoms with van der Waals surface area (Å²) in [5, 5.41) is 3.41. The second-order valence-electron chi connectivity index (χ2n) is 16.5. The lowest BCUT2D eigenvalue weighted by Gasteiger charge is -2.21. The van der Waals surface area contributed by atoms with E-state index < -0.39 is 0 Å². The van der Waals surface area contributed by atoms with Crippen LogP contribution in [0.3, 0.4) is 0 Å². The number of benzene rings is 3. The smallest absolute Gasteiger partial charge is 0.135 e. The highest BCUT2D eigenvalue weighted by Gasteiger charge is 2.25. The van der Waals surface area contributed by atoms with Gasteiger partial charge in [-0.3, -0.25) is 15.0 Å². The molecule has 2 unspecified atom stereocenters. The highest BCUT2D eigenvalue weighted by molar-refractivity contribution is 6.10. The average Bonchev–Trinajstić information content (AvgIpc) is 4.01. The molecule has 0 fully saturated rings. The van der Waals surface area contributed by atoms with Gasteiger partial charge in [0.25, 0.3) is 0 Å². The van der Waals surface area contributed by atoms with E-state index in [0.717, 1.165) is 107 Å². The van der Waals surface area contributed by atoms with E-state index in [1.807, 2.05) is 49.3 Å². The van der Waals surface area contributed by atoms with Crippen molar-refractivity contribution in [3.63, 3.8) is 0 Å². The van der Waals surface area contributed by atoms with Gasteiger partial charge in [-0.15, -0.1) is 0 Å². The van der Waals surface area contributed by atoms with Gasteiger partial charge in [0.05, 0.1) is 34.0 Å². The molecule has 13 rings (SSSR count). The lowest BCUT2D eigenvalue weighted by Crippen LogP contribution is -2.12. The third-order valence-electron chi connectivity index (χ3n) is 12.8. The Hall–Kier alpha value is -8.23. The van der Waals surface area contributed by atoms with Gasteiger partial charge in [0.15, 0.2) is 0 Å². The van der Waals surface area contributed by atoms with Gasteiger partial charge in [0.1, 0.15) is 22.4 Å². The van der Waals surface area contributed by atoms with Gasteiger partial charge in [-0.2, -0.15) is 0 Å². The molecule has 0 N–H and O–H groups in total.